The van der Waals surface area contributed by atoms with Crippen LogP contribution in [0, 0.1) is 12.8 Å². The van der Waals surface area contributed by atoms with Crippen molar-refractivity contribution in [3.63, 3.8) is 0 Å². The topological polar surface area (TPSA) is 40.6 Å². The van der Waals surface area contributed by atoms with Crippen molar-refractivity contribution in [1.82, 2.24) is 9.80 Å². The summed E-state index contributed by atoms with van der Waals surface area (Å²) in [5.74, 6) is -1.48. The maximum absolute atomic E-state index is 13.2. The van der Waals surface area contributed by atoms with E-state index in [1.165, 1.54) is 6.07 Å². The molecule has 160 valence electrons. The van der Waals surface area contributed by atoms with Gasteiger partial charge in [-0.25, -0.2) is 0 Å². The van der Waals surface area contributed by atoms with Crippen molar-refractivity contribution in [2.24, 2.45) is 5.92 Å². The number of benzene rings is 2. The SMILES string of the molecule is CCN(C)C(=O)[C@@H]1CN(C(=O)c2ccc(C)cc2)C[C@H]1c1cccc(C(F)(F)F)c1. The predicted octanol–water partition coefficient (Wildman–Crippen LogP) is 4.35. The second kappa shape index (κ2) is 8.50. The molecule has 7 heteroatoms. The van der Waals surface area contributed by atoms with Crippen LogP contribution < -0.4 is 0 Å². The third kappa shape index (κ3) is 4.50. The van der Waals surface area contributed by atoms with Crippen molar-refractivity contribution >= 4 is 11.8 Å². The molecule has 4 nitrogen and oxygen atoms in total. The lowest BCUT2D eigenvalue weighted by Gasteiger charge is -2.23. The summed E-state index contributed by atoms with van der Waals surface area (Å²) in [6.07, 6.45) is -4.47. The maximum atomic E-state index is 13.2. The van der Waals surface area contributed by atoms with Crippen LogP contribution in [-0.2, 0) is 11.0 Å². The van der Waals surface area contributed by atoms with Crippen LogP contribution in [0.2, 0.25) is 0 Å². The highest BCUT2D eigenvalue weighted by Crippen LogP contribution is 2.37. The van der Waals surface area contributed by atoms with E-state index in [2.05, 4.69) is 0 Å². The van der Waals surface area contributed by atoms with Gasteiger partial charge in [0.25, 0.3) is 5.91 Å². The van der Waals surface area contributed by atoms with E-state index >= 15 is 0 Å². The van der Waals surface area contributed by atoms with Crippen molar-refractivity contribution in [2.45, 2.75) is 25.9 Å². The Morgan fingerprint density at radius 1 is 1.10 bits per heavy atom. The number of amides is 2. The Hall–Kier alpha value is -2.83. The van der Waals surface area contributed by atoms with Crippen LogP contribution in [-0.4, -0.2) is 48.3 Å². The number of hydrogen-bond donors (Lipinski definition) is 0. The monoisotopic (exact) mass is 418 g/mol. The Balaban J connectivity index is 1.94. The minimum Gasteiger partial charge on any atom is -0.346 e. The highest BCUT2D eigenvalue weighted by atomic mass is 19.4. The quantitative estimate of drug-likeness (QED) is 0.741. The fourth-order valence-corrected chi connectivity index (χ4v) is 3.82. The Kier molecular flexibility index (Phi) is 6.19. The van der Waals surface area contributed by atoms with E-state index in [9.17, 15) is 22.8 Å². The van der Waals surface area contributed by atoms with Gasteiger partial charge in [-0.05, 0) is 37.6 Å². The molecule has 0 radical (unpaired) electrons. The van der Waals surface area contributed by atoms with Crippen molar-refractivity contribution in [3.8, 4) is 0 Å². The molecule has 0 spiro atoms. The fourth-order valence-electron chi connectivity index (χ4n) is 3.82. The maximum Gasteiger partial charge on any atom is 0.416 e. The lowest BCUT2D eigenvalue weighted by molar-refractivity contribution is -0.137. The number of likely N-dealkylation sites (tertiary alicyclic amines) is 1. The third-order valence-corrected chi connectivity index (χ3v) is 5.72. The molecule has 2 aromatic rings. The van der Waals surface area contributed by atoms with Crippen LogP contribution in [0.15, 0.2) is 48.5 Å². The van der Waals surface area contributed by atoms with Crippen molar-refractivity contribution < 1.29 is 22.8 Å². The summed E-state index contributed by atoms with van der Waals surface area (Å²) in [5, 5.41) is 0. The number of alkyl halides is 3. The van der Waals surface area contributed by atoms with Gasteiger partial charge in [-0.1, -0.05) is 35.9 Å². The van der Waals surface area contributed by atoms with Gasteiger partial charge in [0.05, 0.1) is 11.5 Å². The van der Waals surface area contributed by atoms with E-state index in [1.807, 2.05) is 26.0 Å². The summed E-state index contributed by atoms with van der Waals surface area (Å²) >= 11 is 0. The molecule has 1 aliphatic heterocycles. The highest BCUT2D eigenvalue weighted by molar-refractivity contribution is 5.95. The Morgan fingerprint density at radius 3 is 2.37 bits per heavy atom. The molecule has 2 amide bonds. The van der Waals surface area contributed by atoms with Crippen LogP contribution in [0.3, 0.4) is 0 Å². The first-order valence-electron chi connectivity index (χ1n) is 9.90. The first-order chi connectivity index (χ1) is 14.1. The van der Waals surface area contributed by atoms with Gasteiger partial charge in [0.2, 0.25) is 5.91 Å². The normalized spacial score (nSPS) is 19.1. The van der Waals surface area contributed by atoms with Crippen LogP contribution in [0.1, 0.15) is 39.9 Å². The molecule has 30 heavy (non-hydrogen) atoms. The second-order valence-electron chi connectivity index (χ2n) is 7.76. The van der Waals surface area contributed by atoms with Crippen LogP contribution in [0.5, 0.6) is 0 Å². The Bertz CT molecular complexity index is 925. The van der Waals surface area contributed by atoms with Gasteiger partial charge < -0.3 is 9.80 Å². The lowest BCUT2D eigenvalue weighted by atomic mass is 9.87. The molecule has 0 unspecified atom stereocenters. The second-order valence-corrected chi connectivity index (χ2v) is 7.76. The Morgan fingerprint density at radius 2 is 1.77 bits per heavy atom. The molecule has 0 saturated carbocycles. The number of nitrogens with zero attached hydrogens (tertiary/aromatic N) is 2. The van der Waals surface area contributed by atoms with E-state index < -0.39 is 23.6 Å². The molecule has 1 heterocycles. The summed E-state index contributed by atoms with van der Waals surface area (Å²) in [5.41, 5.74) is 1.19. The molecule has 1 fully saturated rings. The number of halogens is 3. The van der Waals surface area contributed by atoms with Gasteiger partial charge in [-0.2, -0.15) is 13.2 Å². The molecule has 0 aliphatic carbocycles. The van der Waals surface area contributed by atoms with Crippen molar-refractivity contribution in [1.29, 1.82) is 0 Å². The van der Waals surface area contributed by atoms with Gasteiger partial charge in [0.15, 0.2) is 0 Å². The molecule has 1 saturated heterocycles. The zero-order valence-electron chi connectivity index (χ0n) is 17.2. The summed E-state index contributed by atoms with van der Waals surface area (Å²) < 4.78 is 39.6. The summed E-state index contributed by atoms with van der Waals surface area (Å²) in [4.78, 5) is 29.1. The van der Waals surface area contributed by atoms with E-state index in [-0.39, 0.29) is 24.9 Å². The smallest absolute Gasteiger partial charge is 0.346 e. The summed E-state index contributed by atoms with van der Waals surface area (Å²) in [7, 11) is 1.66. The van der Waals surface area contributed by atoms with E-state index in [0.29, 0.717) is 17.7 Å². The van der Waals surface area contributed by atoms with Crippen LogP contribution in [0.25, 0.3) is 0 Å². The molecule has 3 rings (SSSR count). The zero-order valence-corrected chi connectivity index (χ0v) is 17.2. The highest BCUT2D eigenvalue weighted by Gasteiger charge is 2.42. The molecular weight excluding hydrogens is 393 g/mol. The first kappa shape index (κ1) is 21.9. The first-order valence-corrected chi connectivity index (χ1v) is 9.90. The minimum absolute atomic E-state index is 0.167. The zero-order chi connectivity index (χ0) is 22.1. The van der Waals surface area contributed by atoms with Crippen molar-refractivity contribution in [3.05, 3.63) is 70.8 Å². The Labute approximate surface area is 174 Å². The van der Waals surface area contributed by atoms with Crippen molar-refractivity contribution in [2.75, 3.05) is 26.7 Å². The lowest BCUT2D eigenvalue weighted by Crippen LogP contribution is -2.37. The summed E-state index contributed by atoms with van der Waals surface area (Å²) in [6.45, 7) is 4.61. The number of carbonyl (C=O) groups is 2. The van der Waals surface area contributed by atoms with Gasteiger partial charge in [-0.3, -0.25) is 9.59 Å². The molecule has 1 aliphatic rings. The molecule has 0 N–H and O–H groups in total. The molecule has 0 bridgehead atoms. The number of rotatable bonds is 4. The number of hydrogen-bond acceptors (Lipinski definition) is 2. The average molecular weight is 418 g/mol. The third-order valence-electron chi connectivity index (χ3n) is 5.72. The largest absolute Gasteiger partial charge is 0.416 e. The molecule has 2 aromatic carbocycles. The average Bonchev–Trinajstić information content (AvgIpc) is 3.17. The van der Waals surface area contributed by atoms with Gasteiger partial charge in [0, 0.05) is 38.2 Å². The van der Waals surface area contributed by atoms with Gasteiger partial charge in [0.1, 0.15) is 0 Å². The molecular formula is C23H25F3N2O2. The predicted molar refractivity (Wildman–Crippen MR) is 108 cm³/mol. The van der Waals surface area contributed by atoms with Crippen LogP contribution in [0.4, 0.5) is 13.2 Å². The minimum atomic E-state index is -4.47. The standard InChI is InChI=1S/C23H25F3N2O2/c1-4-27(3)22(30)20-14-28(21(29)16-10-8-15(2)9-11-16)13-19(20)17-6-5-7-18(12-17)23(24,25)26/h5-12,19-20H,4,13-14H2,1-3H3/t19-,20+/m0/s1. The van der Waals surface area contributed by atoms with Gasteiger partial charge in [-0.15, -0.1) is 0 Å². The molecule has 2 atom stereocenters. The van der Waals surface area contributed by atoms with E-state index in [1.54, 1.807) is 35.0 Å². The summed E-state index contributed by atoms with van der Waals surface area (Å²) in [6, 6.07) is 12.2. The number of aryl methyl sites for hydroxylation is 1. The fraction of sp³-hybridized carbons (Fsp3) is 0.391. The van der Waals surface area contributed by atoms with E-state index in [0.717, 1.165) is 17.7 Å². The van der Waals surface area contributed by atoms with E-state index in [4.69, 9.17) is 0 Å². The van der Waals surface area contributed by atoms with Gasteiger partial charge >= 0.3 is 6.18 Å². The molecule has 0 aromatic heterocycles. The van der Waals surface area contributed by atoms with Crippen LogP contribution >= 0.6 is 0 Å². The number of carbonyl (C=O) groups excluding carboxylic acids is 2.